The zero-order chi connectivity index (χ0) is 20.7. The zero-order valence-electron chi connectivity index (χ0n) is 16.9. The molecule has 2 aromatic rings. The minimum Gasteiger partial charge on any atom is -0.497 e. The van der Waals surface area contributed by atoms with Crippen LogP contribution in [-0.2, 0) is 4.74 Å². The van der Waals surface area contributed by atoms with Gasteiger partial charge in [0.2, 0.25) is 5.78 Å². The molecule has 0 spiro atoms. The molecular weight excluding hydrogens is 360 g/mol. The van der Waals surface area contributed by atoms with Crippen LogP contribution in [0.4, 0.5) is 0 Å². The van der Waals surface area contributed by atoms with Crippen molar-refractivity contribution >= 4 is 11.8 Å². The molecule has 2 rings (SSSR count). The fourth-order valence-electron chi connectivity index (χ4n) is 2.44. The van der Waals surface area contributed by atoms with Gasteiger partial charge in [0.05, 0.1) is 26.4 Å². The second kappa shape index (κ2) is 9.78. The van der Waals surface area contributed by atoms with Crippen molar-refractivity contribution in [1.82, 2.24) is 0 Å². The Bertz CT molecular complexity index is 810. The third-order valence-corrected chi connectivity index (χ3v) is 4.00. The largest absolute Gasteiger partial charge is 0.497 e. The number of rotatable bonds is 9. The smallest absolute Gasteiger partial charge is 0.338 e. The average Bonchev–Trinajstić information content (AvgIpc) is 2.71. The number of hydrogen-bond donors (Lipinski definition) is 0. The second-order valence-electron chi connectivity index (χ2n) is 6.71. The first kappa shape index (κ1) is 21.3. The first-order valence-electron chi connectivity index (χ1n) is 9.05. The topological polar surface area (TPSA) is 71.1 Å². The Kier molecular flexibility index (Phi) is 7.44. The summed E-state index contributed by atoms with van der Waals surface area (Å²) in [6, 6.07) is 11.4. The van der Waals surface area contributed by atoms with Gasteiger partial charge in [-0.25, -0.2) is 4.79 Å². The van der Waals surface area contributed by atoms with Crippen molar-refractivity contribution in [3.63, 3.8) is 0 Å². The van der Waals surface area contributed by atoms with Gasteiger partial charge in [-0.3, -0.25) is 4.79 Å². The van der Waals surface area contributed by atoms with Crippen molar-refractivity contribution in [3.8, 4) is 17.2 Å². The molecule has 0 aromatic heterocycles. The Balaban J connectivity index is 2.07. The third-order valence-electron chi connectivity index (χ3n) is 4.00. The summed E-state index contributed by atoms with van der Waals surface area (Å²) in [7, 11) is 3.05. The molecule has 0 aliphatic carbocycles. The summed E-state index contributed by atoms with van der Waals surface area (Å²) in [5.74, 6) is 1.09. The van der Waals surface area contributed by atoms with Gasteiger partial charge in [-0.05, 0) is 55.3 Å². The van der Waals surface area contributed by atoms with Gasteiger partial charge in [0.15, 0.2) is 17.6 Å². The van der Waals surface area contributed by atoms with E-state index in [1.165, 1.54) is 7.11 Å². The van der Waals surface area contributed by atoms with Crippen molar-refractivity contribution in [2.75, 3.05) is 20.8 Å². The molecule has 0 amide bonds. The summed E-state index contributed by atoms with van der Waals surface area (Å²) in [5, 5.41) is 0. The molecule has 0 saturated heterocycles. The van der Waals surface area contributed by atoms with Gasteiger partial charge in [0, 0.05) is 5.56 Å². The lowest BCUT2D eigenvalue weighted by molar-refractivity contribution is 0.0318. The maximum Gasteiger partial charge on any atom is 0.338 e. The van der Waals surface area contributed by atoms with Crippen LogP contribution < -0.4 is 14.2 Å². The monoisotopic (exact) mass is 386 g/mol. The molecular formula is C22H26O6. The standard InChI is InChI=1S/C22H26O6/c1-14(2)13-27-19-11-8-17(12-20(19)26-5)22(24)28-15(3)21(23)16-6-9-18(25-4)10-7-16/h6-12,14-15H,13H2,1-5H3/t15-/m1/s1. The van der Waals surface area contributed by atoms with E-state index in [0.29, 0.717) is 35.3 Å². The Morgan fingerprint density at radius 3 is 2.07 bits per heavy atom. The van der Waals surface area contributed by atoms with E-state index in [1.807, 2.05) is 13.8 Å². The van der Waals surface area contributed by atoms with Crippen LogP contribution in [0.5, 0.6) is 17.2 Å². The van der Waals surface area contributed by atoms with Crippen LogP contribution in [0.2, 0.25) is 0 Å². The molecule has 0 N–H and O–H groups in total. The fourth-order valence-corrected chi connectivity index (χ4v) is 2.44. The lowest BCUT2D eigenvalue weighted by atomic mass is 10.1. The van der Waals surface area contributed by atoms with Crippen LogP contribution in [0.15, 0.2) is 42.5 Å². The fraction of sp³-hybridized carbons (Fsp3) is 0.364. The Morgan fingerprint density at radius 1 is 0.857 bits per heavy atom. The van der Waals surface area contributed by atoms with Gasteiger partial charge in [-0.15, -0.1) is 0 Å². The molecule has 0 bridgehead atoms. The number of Topliss-reactive ketones (excluding diaryl/α,β-unsaturated/α-hetero) is 1. The van der Waals surface area contributed by atoms with E-state index in [-0.39, 0.29) is 11.3 Å². The SMILES string of the molecule is COc1ccc(C(=O)[C@@H](C)OC(=O)c2ccc(OCC(C)C)c(OC)c2)cc1. The lowest BCUT2D eigenvalue weighted by Crippen LogP contribution is -2.24. The summed E-state index contributed by atoms with van der Waals surface area (Å²) in [4.78, 5) is 24.9. The van der Waals surface area contributed by atoms with Gasteiger partial charge in [0.1, 0.15) is 5.75 Å². The molecule has 28 heavy (non-hydrogen) atoms. The molecule has 0 unspecified atom stereocenters. The lowest BCUT2D eigenvalue weighted by Gasteiger charge is -2.15. The molecule has 0 aliphatic rings. The van der Waals surface area contributed by atoms with E-state index in [1.54, 1.807) is 56.5 Å². The minimum atomic E-state index is -0.927. The van der Waals surface area contributed by atoms with Crippen LogP contribution in [0.25, 0.3) is 0 Å². The number of benzene rings is 2. The highest BCUT2D eigenvalue weighted by Crippen LogP contribution is 2.29. The summed E-state index contributed by atoms with van der Waals surface area (Å²) < 4.78 is 21.4. The molecule has 0 saturated carbocycles. The second-order valence-corrected chi connectivity index (χ2v) is 6.71. The number of methoxy groups -OCH3 is 2. The van der Waals surface area contributed by atoms with Crippen LogP contribution in [-0.4, -0.2) is 38.7 Å². The third kappa shape index (κ3) is 5.49. The highest BCUT2D eigenvalue weighted by Gasteiger charge is 2.21. The predicted octanol–water partition coefficient (Wildman–Crippen LogP) is 4.17. The Hall–Kier alpha value is -3.02. The van der Waals surface area contributed by atoms with Crippen LogP contribution in [0.1, 0.15) is 41.5 Å². The molecule has 2 aromatic carbocycles. The normalized spacial score (nSPS) is 11.6. The van der Waals surface area contributed by atoms with E-state index in [4.69, 9.17) is 18.9 Å². The number of hydrogen-bond acceptors (Lipinski definition) is 6. The number of ether oxygens (including phenoxy) is 4. The Morgan fingerprint density at radius 2 is 1.50 bits per heavy atom. The molecule has 0 radical (unpaired) electrons. The van der Waals surface area contributed by atoms with E-state index in [2.05, 4.69) is 0 Å². The maximum atomic E-state index is 12.5. The summed E-state index contributed by atoms with van der Waals surface area (Å²) >= 11 is 0. The van der Waals surface area contributed by atoms with E-state index in [0.717, 1.165) is 0 Å². The number of ketones is 1. The van der Waals surface area contributed by atoms with E-state index in [9.17, 15) is 9.59 Å². The molecule has 0 heterocycles. The molecule has 0 aliphatic heterocycles. The molecule has 0 fully saturated rings. The maximum absolute atomic E-state index is 12.5. The van der Waals surface area contributed by atoms with Crippen molar-refractivity contribution < 1.29 is 28.5 Å². The first-order chi connectivity index (χ1) is 13.3. The summed E-state index contributed by atoms with van der Waals surface area (Å²) in [6.07, 6.45) is -0.927. The van der Waals surface area contributed by atoms with Gasteiger partial charge in [0.25, 0.3) is 0 Å². The van der Waals surface area contributed by atoms with Crippen molar-refractivity contribution in [3.05, 3.63) is 53.6 Å². The summed E-state index contributed by atoms with van der Waals surface area (Å²) in [6.45, 7) is 6.16. The highest BCUT2D eigenvalue weighted by atomic mass is 16.5. The van der Waals surface area contributed by atoms with Crippen LogP contribution in [0.3, 0.4) is 0 Å². The highest BCUT2D eigenvalue weighted by molar-refractivity contribution is 6.01. The van der Waals surface area contributed by atoms with Gasteiger partial charge in [-0.2, -0.15) is 0 Å². The van der Waals surface area contributed by atoms with E-state index < -0.39 is 12.1 Å². The van der Waals surface area contributed by atoms with Crippen molar-refractivity contribution in [1.29, 1.82) is 0 Å². The summed E-state index contributed by atoms with van der Waals surface area (Å²) in [5.41, 5.74) is 0.722. The van der Waals surface area contributed by atoms with Gasteiger partial charge < -0.3 is 18.9 Å². The predicted molar refractivity (Wildman–Crippen MR) is 106 cm³/mol. The van der Waals surface area contributed by atoms with Crippen molar-refractivity contribution in [2.45, 2.75) is 26.9 Å². The molecule has 6 heteroatoms. The molecule has 150 valence electrons. The molecule has 1 atom stereocenters. The number of esters is 1. The minimum absolute atomic E-state index is 0.281. The van der Waals surface area contributed by atoms with Crippen LogP contribution in [0, 0.1) is 5.92 Å². The molecule has 6 nitrogen and oxygen atoms in total. The first-order valence-corrected chi connectivity index (χ1v) is 9.05. The van der Waals surface area contributed by atoms with Gasteiger partial charge in [-0.1, -0.05) is 13.8 Å². The van der Waals surface area contributed by atoms with Crippen LogP contribution >= 0.6 is 0 Å². The number of carbonyl (C=O) groups excluding carboxylic acids is 2. The number of carbonyl (C=O) groups is 2. The van der Waals surface area contributed by atoms with Crippen molar-refractivity contribution in [2.24, 2.45) is 5.92 Å². The van der Waals surface area contributed by atoms with E-state index >= 15 is 0 Å². The quantitative estimate of drug-likeness (QED) is 0.476. The Labute approximate surface area is 165 Å². The van der Waals surface area contributed by atoms with Gasteiger partial charge >= 0.3 is 5.97 Å². The zero-order valence-corrected chi connectivity index (χ0v) is 16.9. The average molecular weight is 386 g/mol.